The Hall–Kier alpha value is -2.55. The SMILES string of the molecule is C=CC(=O)N1CCc2cc(Nc3ccccc3)ccc2C1. The molecule has 0 aromatic heterocycles. The van der Waals surface area contributed by atoms with Gasteiger partial charge in [-0.15, -0.1) is 0 Å². The molecule has 0 saturated heterocycles. The standard InChI is InChI=1S/C18H18N2O/c1-2-18(21)20-11-10-14-12-17(9-8-15(14)13-20)19-16-6-4-3-5-7-16/h2-9,12,19H,1,10-11,13H2. The molecule has 1 aliphatic rings. The monoisotopic (exact) mass is 278 g/mol. The van der Waals surface area contributed by atoms with E-state index in [1.54, 1.807) is 0 Å². The first kappa shape index (κ1) is 13.4. The quantitative estimate of drug-likeness (QED) is 0.871. The van der Waals surface area contributed by atoms with Crippen LogP contribution in [0.3, 0.4) is 0 Å². The Labute approximate surface area is 124 Å². The summed E-state index contributed by atoms with van der Waals surface area (Å²) in [6, 6.07) is 16.5. The average molecular weight is 278 g/mol. The summed E-state index contributed by atoms with van der Waals surface area (Å²) in [5.41, 5.74) is 4.69. The van der Waals surface area contributed by atoms with Crippen LogP contribution in [-0.4, -0.2) is 17.4 Å². The molecule has 0 saturated carbocycles. The Morgan fingerprint density at radius 3 is 2.67 bits per heavy atom. The second-order valence-corrected chi connectivity index (χ2v) is 5.19. The summed E-state index contributed by atoms with van der Waals surface area (Å²) in [6.45, 7) is 4.98. The molecule has 0 atom stereocenters. The normalized spacial score (nSPS) is 13.4. The molecule has 3 nitrogen and oxygen atoms in total. The Morgan fingerprint density at radius 1 is 1.10 bits per heavy atom. The van der Waals surface area contributed by atoms with Crippen LogP contribution in [0, 0.1) is 0 Å². The number of hydrogen-bond acceptors (Lipinski definition) is 2. The number of para-hydroxylation sites is 1. The third-order valence-electron chi connectivity index (χ3n) is 3.77. The number of nitrogens with zero attached hydrogens (tertiary/aromatic N) is 1. The maximum atomic E-state index is 11.7. The van der Waals surface area contributed by atoms with Crippen LogP contribution in [0.2, 0.25) is 0 Å². The van der Waals surface area contributed by atoms with Crippen molar-refractivity contribution in [2.24, 2.45) is 0 Å². The third kappa shape index (κ3) is 2.97. The highest BCUT2D eigenvalue weighted by Crippen LogP contribution is 2.24. The first-order valence-electron chi connectivity index (χ1n) is 7.11. The number of benzene rings is 2. The van der Waals surface area contributed by atoms with Crippen molar-refractivity contribution >= 4 is 17.3 Å². The van der Waals surface area contributed by atoms with Crippen molar-refractivity contribution in [3.63, 3.8) is 0 Å². The van der Waals surface area contributed by atoms with Crippen molar-refractivity contribution < 1.29 is 4.79 Å². The molecule has 21 heavy (non-hydrogen) atoms. The van der Waals surface area contributed by atoms with Crippen LogP contribution in [0.1, 0.15) is 11.1 Å². The van der Waals surface area contributed by atoms with Crippen LogP contribution in [-0.2, 0) is 17.8 Å². The van der Waals surface area contributed by atoms with Gasteiger partial charge < -0.3 is 10.2 Å². The van der Waals surface area contributed by atoms with Gasteiger partial charge in [0.05, 0.1) is 0 Å². The van der Waals surface area contributed by atoms with E-state index in [2.05, 4.69) is 30.1 Å². The lowest BCUT2D eigenvalue weighted by Crippen LogP contribution is -2.34. The van der Waals surface area contributed by atoms with E-state index in [1.165, 1.54) is 17.2 Å². The highest BCUT2D eigenvalue weighted by atomic mass is 16.2. The second-order valence-electron chi connectivity index (χ2n) is 5.19. The molecule has 2 aromatic carbocycles. The summed E-state index contributed by atoms with van der Waals surface area (Å²) >= 11 is 0. The zero-order valence-electron chi connectivity index (χ0n) is 11.9. The van der Waals surface area contributed by atoms with Gasteiger partial charge in [0.15, 0.2) is 0 Å². The lowest BCUT2D eigenvalue weighted by Gasteiger charge is -2.28. The zero-order chi connectivity index (χ0) is 14.7. The van der Waals surface area contributed by atoms with E-state index >= 15 is 0 Å². The molecule has 0 bridgehead atoms. The van der Waals surface area contributed by atoms with E-state index in [4.69, 9.17) is 0 Å². The molecule has 106 valence electrons. The molecule has 0 radical (unpaired) electrons. The van der Waals surface area contributed by atoms with Crippen LogP contribution < -0.4 is 5.32 Å². The topological polar surface area (TPSA) is 32.3 Å². The number of rotatable bonds is 3. The molecule has 1 heterocycles. The third-order valence-corrected chi connectivity index (χ3v) is 3.77. The van der Waals surface area contributed by atoms with E-state index in [-0.39, 0.29) is 5.91 Å². The van der Waals surface area contributed by atoms with Gasteiger partial charge in [-0.05, 0) is 47.9 Å². The molecule has 0 fully saturated rings. The molecule has 1 N–H and O–H groups in total. The molecule has 3 heteroatoms. The molecule has 1 aliphatic heterocycles. The van der Waals surface area contributed by atoms with Crippen LogP contribution in [0.15, 0.2) is 61.2 Å². The average Bonchev–Trinajstić information content (AvgIpc) is 2.54. The molecular weight excluding hydrogens is 260 g/mol. The molecule has 1 amide bonds. The molecule has 0 aliphatic carbocycles. The lowest BCUT2D eigenvalue weighted by atomic mass is 9.99. The fourth-order valence-corrected chi connectivity index (χ4v) is 2.64. The van der Waals surface area contributed by atoms with Gasteiger partial charge in [0, 0.05) is 24.5 Å². The Morgan fingerprint density at radius 2 is 1.90 bits per heavy atom. The molecule has 0 unspecified atom stereocenters. The van der Waals surface area contributed by atoms with Crippen LogP contribution >= 0.6 is 0 Å². The summed E-state index contributed by atoms with van der Waals surface area (Å²) in [4.78, 5) is 13.5. The van der Waals surface area contributed by atoms with Crippen molar-refractivity contribution in [1.82, 2.24) is 4.90 Å². The highest BCUT2D eigenvalue weighted by molar-refractivity contribution is 5.87. The van der Waals surface area contributed by atoms with Gasteiger partial charge >= 0.3 is 0 Å². The summed E-state index contributed by atoms with van der Waals surface area (Å²) in [5.74, 6) is 0.00661. The van der Waals surface area contributed by atoms with E-state index < -0.39 is 0 Å². The fraction of sp³-hybridized carbons (Fsp3) is 0.167. The van der Waals surface area contributed by atoms with E-state index in [0.717, 1.165) is 24.3 Å². The molecule has 2 aromatic rings. The molecule has 3 rings (SSSR count). The number of amides is 1. The summed E-state index contributed by atoms with van der Waals surface area (Å²) in [7, 11) is 0. The second kappa shape index (κ2) is 5.83. The van der Waals surface area contributed by atoms with Crippen molar-refractivity contribution in [3.05, 3.63) is 72.3 Å². The Balaban J connectivity index is 1.77. The van der Waals surface area contributed by atoms with Crippen molar-refractivity contribution in [1.29, 1.82) is 0 Å². The van der Waals surface area contributed by atoms with Gasteiger partial charge in [0.2, 0.25) is 5.91 Å². The van der Waals surface area contributed by atoms with Gasteiger partial charge in [-0.2, -0.15) is 0 Å². The van der Waals surface area contributed by atoms with Crippen LogP contribution in [0.25, 0.3) is 0 Å². The van der Waals surface area contributed by atoms with E-state index in [9.17, 15) is 4.79 Å². The maximum Gasteiger partial charge on any atom is 0.246 e. The van der Waals surface area contributed by atoms with Gasteiger partial charge in [-0.1, -0.05) is 30.8 Å². The number of nitrogens with one attached hydrogen (secondary N) is 1. The fourth-order valence-electron chi connectivity index (χ4n) is 2.64. The van der Waals surface area contributed by atoms with E-state index in [0.29, 0.717) is 6.54 Å². The number of anilines is 2. The van der Waals surface area contributed by atoms with Crippen molar-refractivity contribution in [3.8, 4) is 0 Å². The summed E-state index contributed by atoms with van der Waals surface area (Å²) < 4.78 is 0. The lowest BCUT2D eigenvalue weighted by molar-refractivity contribution is -0.126. The minimum atomic E-state index is 0.00661. The zero-order valence-corrected chi connectivity index (χ0v) is 11.9. The number of carbonyl (C=O) groups is 1. The molecular formula is C18H18N2O. The van der Waals surface area contributed by atoms with Gasteiger partial charge in [-0.25, -0.2) is 0 Å². The largest absolute Gasteiger partial charge is 0.356 e. The minimum absolute atomic E-state index is 0.00661. The van der Waals surface area contributed by atoms with Crippen molar-refractivity contribution in [2.75, 3.05) is 11.9 Å². The van der Waals surface area contributed by atoms with Crippen molar-refractivity contribution in [2.45, 2.75) is 13.0 Å². The predicted octanol–water partition coefficient (Wildman–Crippen LogP) is 3.50. The van der Waals surface area contributed by atoms with Gasteiger partial charge in [-0.3, -0.25) is 4.79 Å². The summed E-state index contributed by atoms with van der Waals surface area (Å²) in [5, 5.41) is 3.40. The first-order chi connectivity index (χ1) is 10.3. The van der Waals surface area contributed by atoms with Gasteiger partial charge in [0.25, 0.3) is 0 Å². The van der Waals surface area contributed by atoms with Crippen LogP contribution in [0.4, 0.5) is 11.4 Å². The predicted molar refractivity (Wildman–Crippen MR) is 85.5 cm³/mol. The summed E-state index contributed by atoms with van der Waals surface area (Å²) in [6.07, 6.45) is 2.27. The van der Waals surface area contributed by atoms with Crippen LogP contribution in [0.5, 0.6) is 0 Å². The molecule has 0 spiro atoms. The Bertz CT molecular complexity index is 664. The van der Waals surface area contributed by atoms with E-state index in [1.807, 2.05) is 35.2 Å². The maximum absolute atomic E-state index is 11.7. The number of carbonyl (C=O) groups excluding carboxylic acids is 1. The minimum Gasteiger partial charge on any atom is -0.356 e. The number of hydrogen-bond donors (Lipinski definition) is 1. The smallest absolute Gasteiger partial charge is 0.246 e. The highest BCUT2D eigenvalue weighted by Gasteiger charge is 2.18. The Kier molecular flexibility index (Phi) is 3.73. The van der Waals surface area contributed by atoms with Gasteiger partial charge in [0.1, 0.15) is 0 Å². The number of fused-ring (bicyclic) bond motifs is 1. The first-order valence-corrected chi connectivity index (χ1v) is 7.11.